The van der Waals surface area contributed by atoms with Gasteiger partial charge in [0, 0.05) is 19.6 Å². The van der Waals surface area contributed by atoms with Crippen molar-refractivity contribution in [3.05, 3.63) is 0 Å². The van der Waals surface area contributed by atoms with Gasteiger partial charge in [0.25, 0.3) is 0 Å². The molecular formula is C14H28O2. The minimum Gasteiger partial charge on any atom is -0.384 e. The number of ether oxygens (including phenoxy) is 2. The Hall–Kier alpha value is -0.0800. The average molecular weight is 228 g/mol. The van der Waals surface area contributed by atoms with Crippen LogP contribution in [0.3, 0.4) is 0 Å². The molecule has 0 aromatic rings. The largest absolute Gasteiger partial charge is 0.384 e. The lowest BCUT2D eigenvalue weighted by molar-refractivity contribution is -0.0416. The van der Waals surface area contributed by atoms with Gasteiger partial charge in [0.15, 0.2) is 0 Å². The van der Waals surface area contributed by atoms with Gasteiger partial charge in [-0.2, -0.15) is 0 Å². The maximum atomic E-state index is 5.49. The minimum atomic E-state index is 0.258. The monoisotopic (exact) mass is 228 g/mol. The Morgan fingerprint density at radius 2 is 1.56 bits per heavy atom. The molecule has 0 bridgehead atoms. The van der Waals surface area contributed by atoms with Crippen LogP contribution in [0.25, 0.3) is 0 Å². The molecule has 0 amide bonds. The molecule has 0 aromatic carbocycles. The van der Waals surface area contributed by atoms with E-state index in [2.05, 4.69) is 13.8 Å². The zero-order valence-corrected chi connectivity index (χ0v) is 11.4. The summed E-state index contributed by atoms with van der Waals surface area (Å²) in [5.74, 6) is 1.51. The van der Waals surface area contributed by atoms with Crippen molar-refractivity contribution in [2.75, 3.05) is 27.4 Å². The van der Waals surface area contributed by atoms with E-state index in [1.165, 1.54) is 32.1 Å². The van der Waals surface area contributed by atoms with Gasteiger partial charge in [-0.15, -0.1) is 0 Å². The first kappa shape index (κ1) is 14.0. The quantitative estimate of drug-likeness (QED) is 0.664. The summed E-state index contributed by atoms with van der Waals surface area (Å²) in [6, 6.07) is 0. The van der Waals surface area contributed by atoms with Gasteiger partial charge in [-0.3, -0.25) is 0 Å². The van der Waals surface area contributed by atoms with Crippen LogP contribution in [0.1, 0.15) is 46.0 Å². The van der Waals surface area contributed by atoms with Crippen molar-refractivity contribution < 1.29 is 9.47 Å². The lowest BCUT2D eigenvalue weighted by atomic mass is 9.70. The van der Waals surface area contributed by atoms with Gasteiger partial charge in [-0.25, -0.2) is 0 Å². The van der Waals surface area contributed by atoms with E-state index in [9.17, 15) is 0 Å². The normalized spacial score (nSPS) is 18.6. The molecule has 0 heterocycles. The van der Waals surface area contributed by atoms with Gasteiger partial charge in [-0.1, -0.05) is 26.7 Å². The smallest absolute Gasteiger partial charge is 0.0543 e. The second kappa shape index (κ2) is 6.61. The number of hydrogen-bond acceptors (Lipinski definition) is 2. The maximum Gasteiger partial charge on any atom is 0.0543 e. The predicted octanol–water partition coefficient (Wildman–Crippen LogP) is 3.50. The van der Waals surface area contributed by atoms with Crippen LogP contribution < -0.4 is 0 Å². The summed E-state index contributed by atoms with van der Waals surface area (Å²) in [4.78, 5) is 0. The van der Waals surface area contributed by atoms with Gasteiger partial charge in [-0.05, 0) is 31.1 Å². The van der Waals surface area contributed by atoms with Crippen LogP contribution in [-0.2, 0) is 9.47 Å². The van der Waals surface area contributed by atoms with Crippen LogP contribution in [-0.4, -0.2) is 27.4 Å². The Labute approximate surface area is 101 Å². The maximum absolute atomic E-state index is 5.49. The van der Waals surface area contributed by atoms with E-state index in [4.69, 9.17) is 9.47 Å². The molecule has 0 radical (unpaired) electrons. The number of rotatable bonds is 7. The summed E-state index contributed by atoms with van der Waals surface area (Å²) >= 11 is 0. The zero-order chi connectivity index (χ0) is 12.0. The van der Waals surface area contributed by atoms with E-state index >= 15 is 0 Å². The summed E-state index contributed by atoms with van der Waals surface area (Å²) in [5, 5.41) is 0. The van der Waals surface area contributed by atoms with E-state index in [0.717, 1.165) is 19.1 Å². The van der Waals surface area contributed by atoms with Crippen LogP contribution in [0, 0.1) is 17.3 Å². The molecule has 16 heavy (non-hydrogen) atoms. The molecule has 0 saturated heterocycles. The minimum absolute atomic E-state index is 0.258. The summed E-state index contributed by atoms with van der Waals surface area (Å²) < 4.78 is 11.0. The molecule has 2 heteroatoms. The average Bonchev–Trinajstić information content (AvgIpc) is 2.70. The number of methoxy groups -OCH3 is 2. The third kappa shape index (κ3) is 3.46. The molecular weight excluding hydrogens is 200 g/mol. The molecule has 1 fully saturated rings. The van der Waals surface area contributed by atoms with Gasteiger partial charge in [0.1, 0.15) is 0 Å². The Morgan fingerprint density at radius 1 is 1.06 bits per heavy atom. The third-order valence-electron chi connectivity index (χ3n) is 3.90. The Bertz CT molecular complexity index is 177. The first-order valence-corrected chi connectivity index (χ1v) is 6.62. The first-order chi connectivity index (χ1) is 7.64. The van der Waals surface area contributed by atoms with Crippen molar-refractivity contribution in [1.82, 2.24) is 0 Å². The predicted molar refractivity (Wildman–Crippen MR) is 67.6 cm³/mol. The second-order valence-electron chi connectivity index (χ2n) is 5.81. The van der Waals surface area contributed by atoms with E-state index in [-0.39, 0.29) is 5.41 Å². The van der Waals surface area contributed by atoms with Gasteiger partial charge in [0.05, 0.1) is 13.2 Å². The Kier molecular flexibility index (Phi) is 5.77. The fourth-order valence-corrected chi connectivity index (χ4v) is 3.49. The molecule has 1 aliphatic carbocycles. The van der Waals surface area contributed by atoms with Crippen LogP contribution in [0.2, 0.25) is 0 Å². The topological polar surface area (TPSA) is 18.5 Å². The molecule has 0 N–H and O–H groups in total. The van der Waals surface area contributed by atoms with Crippen molar-refractivity contribution in [2.24, 2.45) is 17.3 Å². The van der Waals surface area contributed by atoms with Crippen molar-refractivity contribution in [1.29, 1.82) is 0 Å². The van der Waals surface area contributed by atoms with Crippen LogP contribution >= 0.6 is 0 Å². The van der Waals surface area contributed by atoms with Crippen molar-refractivity contribution in [3.8, 4) is 0 Å². The molecule has 0 spiro atoms. The Morgan fingerprint density at radius 3 is 1.94 bits per heavy atom. The highest BCUT2D eigenvalue weighted by Crippen LogP contribution is 2.44. The van der Waals surface area contributed by atoms with E-state index in [1.807, 2.05) is 14.2 Å². The molecule has 0 aromatic heterocycles. The molecule has 2 nitrogen and oxygen atoms in total. The molecule has 0 aliphatic heterocycles. The van der Waals surface area contributed by atoms with Crippen molar-refractivity contribution >= 4 is 0 Å². The highest BCUT2D eigenvalue weighted by molar-refractivity contribution is 4.90. The van der Waals surface area contributed by atoms with Crippen LogP contribution in [0.15, 0.2) is 0 Å². The molecule has 0 atom stereocenters. The molecule has 96 valence electrons. The first-order valence-electron chi connectivity index (χ1n) is 6.62. The molecule has 0 unspecified atom stereocenters. The van der Waals surface area contributed by atoms with E-state index in [1.54, 1.807) is 0 Å². The lowest BCUT2D eigenvalue weighted by Gasteiger charge is -2.39. The molecule has 1 rings (SSSR count). The molecule has 1 aliphatic rings. The standard InChI is InChI=1S/C14H28O2/c1-12(2)9-14(10-15-3,11-16-4)13-7-5-6-8-13/h12-13H,5-11H2,1-4H3. The van der Waals surface area contributed by atoms with Gasteiger partial charge >= 0.3 is 0 Å². The summed E-state index contributed by atoms with van der Waals surface area (Å²) in [6.45, 7) is 6.30. The molecule has 1 saturated carbocycles. The highest BCUT2D eigenvalue weighted by Gasteiger charge is 2.40. The van der Waals surface area contributed by atoms with Crippen molar-refractivity contribution in [3.63, 3.8) is 0 Å². The highest BCUT2D eigenvalue weighted by atomic mass is 16.5. The van der Waals surface area contributed by atoms with Crippen LogP contribution in [0.4, 0.5) is 0 Å². The van der Waals surface area contributed by atoms with Gasteiger partial charge in [0.2, 0.25) is 0 Å². The zero-order valence-electron chi connectivity index (χ0n) is 11.4. The fraction of sp³-hybridized carbons (Fsp3) is 1.00. The summed E-state index contributed by atoms with van der Waals surface area (Å²) in [7, 11) is 3.64. The lowest BCUT2D eigenvalue weighted by Crippen LogP contribution is -2.39. The Balaban J connectivity index is 2.75. The SMILES string of the molecule is COCC(COC)(CC(C)C)C1CCCC1. The van der Waals surface area contributed by atoms with Gasteiger partial charge < -0.3 is 9.47 Å². The third-order valence-corrected chi connectivity index (χ3v) is 3.90. The van der Waals surface area contributed by atoms with Crippen LogP contribution in [0.5, 0.6) is 0 Å². The summed E-state index contributed by atoms with van der Waals surface area (Å²) in [5.41, 5.74) is 0.258. The number of hydrogen-bond donors (Lipinski definition) is 0. The van der Waals surface area contributed by atoms with E-state index < -0.39 is 0 Å². The van der Waals surface area contributed by atoms with E-state index in [0.29, 0.717) is 5.92 Å². The summed E-state index contributed by atoms with van der Waals surface area (Å²) in [6.07, 6.45) is 6.72. The fourth-order valence-electron chi connectivity index (χ4n) is 3.49. The van der Waals surface area contributed by atoms with Crippen molar-refractivity contribution in [2.45, 2.75) is 46.0 Å². The second-order valence-corrected chi connectivity index (χ2v) is 5.81.